The number of aryl methyl sites for hydroxylation is 1. The Morgan fingerprint density at radius 2 is 1.76 bits per heavy atom. The van der Waals surface area contributed by atoms with E-state index in [4.69, 9.17) is 10.7 Å². The van der Waals surface area contributed by atoms with Gasteiger partial charge in [-0.05, 0) is 126 Å². The van der Waals surface area contributed by atoms with E-state index in [9.17, 15) is 5.11 Å². The first kappa shape index (κ1) is 31.6. The van der Waals surface area contributed by atoms with E-state index in [0.29, 0.717) is 23.9 Å². The summed E-state index contributed by atoms with van der Waals surface area (Å²) in [7, 11) is 0. The van der Waals surface area contributed by atoms with Crippen molar-refractivity contribution in [3.8, 4) is 5.75 Å². The van der Waals surface area contributed by atoms with E-state index in [1.165, 1.54) is 63.0 Å². The summed E-state index contributed by atoms with van der Waals surface area (Å²) in [4.78, 5) is 10.9. The van der Waals surface area contributed by atoms with Gasteiger partial charge in [0.1, 0.15) is 11.3 Å². The third-order valence-corrected chi connectivity index (χ3v) is 11.7. The molecule has 6 atom stereocenters. The van der Waals surface area contributed by atoms with Crippen LogP contribution in [-0.2, 0) is 12.8 Å². The highest BCUT2D eigenvalue weighted by Crippen LogP contribution is 2.57. The van der Waals surface area contributed by atoms with E-state index in [2.05, 4.69) is 70.6 Å². The van der Waals surface area contributed by atoms with Gasteiger partial charge in [-0.2, -0.15) is 0 Å². The lowest BCUT2D eigenvalue weighted by Crippen LogP contribution is -2.68. The average Bonchev–Trinajstić information content (AvgIpc) is 3.07. The Hall–Kier alpha value is -2.99. The third-order valence-electron chi connectivity index (χ3n) is 11.7. The molecule has 3 N–H and O–H groups in total. The number of benzene rings is 1. The maximum Gasteiger partial charge on any atom is 0.141 e. The van der Waals surface area contributed by atoms with Crippen LogP contribution >= 0.6 is 0 Å². The van der Waals surface area contributed by atoms with Gasteiger partial charge in [-0.25, -0.2) is 4.98 Å². The molecule has 6 heterocycles. The van der Waals surface area contributed by atoms with Crippen molar-refractivity contribution in [2.75, 3.05) is 39.3 Å². The second-order valence-corrected chi connectivity index (χ2v) is 14.5. The van der Waals surface area contributed by atoms with Crippen molar-refractivity contribution >= 4 is 17.0 Å². The second-order valence-electron chi connectivity index (χ2n) is 14.5. The zero-order chi connectivity index (χ0) is 31.3. The molecule has 0 radical (unpaired) electrons. The highest BCUT2D eigenvalue weighted by molar-refractivity contribution is 5.90. The van der Waals surface area contributed by atoms with Gasteiger partial charge in [-0.1, -0.05) is 72.4 Å². The molecule has 5 heteroatoms. The second kappa shape index (κ2) is 14.4. The zero-order valence-corrected chi connectivity index (χ0v) is 27.8. The van der Waals surface area contributed by atoms with Gasteiger partial charge in [0.25, 0.3) is 0 Å². The molecular weight excluding hydrogens is 564 g/mol. The lowest BCUT2D eigenvalue weighted by molar-refractivity contribution is -0.109. The number of aromatic hydroxyl groups is 1. The number of nitrogens with two attached hydrogens (primary N) is 1. The number of rotatable bonds is 2. The number of allylic oxidation sites excluding steroid dienone is 6. The first-order valence-electron chi connectivity index (χ1n) is 18.3. The maximum atomic E-state index is 10.8. The molecule has 2 fully saturated rings. The highest BCUT2D eigenvalue weighted by atomic mass is 16.3. The maximum absolute atomic E-state index is 10.8. The Kier molecular flexibility index (Phi) is 9.90. The Balaban J connectivity index is 1.25. The summed E-state index contributed by atoms with van der Waals surface area (Å²) in [6.45, 7) is 6.62. The number of fused-ring (bicyclic) bond motifs is 3. The summed E-state index contributed by atoms with van der Waals surface area (Å²) in [6.07, 6.45) is 35.0. The molecule has 0 amide bonds. The van der Waals surface area contributed by atoms with Gasteiger partial charge >= 0.3 is 0 Å². The Bertz CT molecular complexity index is 1530. The minimum Gasteiger partial charge on any atom is -0.506 e. The van der Waals surface area contributed by atoms with E-state index in [1.807, 2.05) is 6.07 Å². The van der Waals surface area contributed by atoms with Crippen LogP contribution in [0.3, 0.4) is 0 Å². The number of phenolic OH excluding ortho intramolecular Hbond substituents is 1. The summed E-state index contributed by atoms with van der Waals surface area (Å²) in [5.41, 5.74) is 12.5. The molecule has 5 aliphatic heterocycles. The molecule has 1 aliphatic carbocycles. The fourth-order valence-corrected chi connectivity index (χ4v) is 9.84. The first-order chi connectivity index (χ1) is 22.7. The molecule has 0 saturated carbocycles. The largest absolute Gasteiger partial charge is 0.506 e. The molecule has 1 aromatic carbocycles. The summed E-state index contributed by atoms with van der Waals surface area (Å²) in [5, 5.41) is 11.8. The smallest absolute Gasteiger partial charge is 0.141 e. The van der Waals surface area contributed by atoms with Crippen LogP contribution in [0.1, 0.15) is 81.0 Å². The van der Waals surface area contributed by atoms with Gasteiger partial charge in [0.15, 0.2) is 0 Å². The lowest BCUT2D eigenvalue weighted by atomic mass is 9.52. The van der Waals surface area contributed by atoms with Crippen molar-refractivity contribution in [3.63, 3.8) is 0 Å². The van der Waals surface area contributed by atoms with Crippen LogP contribution in [0, 0.1) is 17.3 Å². The molecule has 6 aliphatic rings. The van der Waals surface area contributed by atoms with Crippen molar-refractivity contribution in [1.82, 2.24) is 14.8 Å². The standard InChI is InChI=1S/C41H54N4O/c42-24-21-33-34-17-10-12-23-41-30-44-25-13-8-6-4-2-1-3-5-7-9-16-31-28-32(36(41)22-27-44)29-45(40(31)41)26-14-11-19-37(34)43-39-35(33)18-15-20-38(39)46/h1-2,5-8,10,15,17-18,20,28,32,36,40,46H,3-4,9,11-14,16,19,21-27,29-30,42H2/b2-1-,7-5-,8-6-,17-10-/t32?,36-,40+,41+/m0/s1. The first-order valence-corrected chi connectivity index (χ1v) is 18.3. The van der Waals surface area contributed by atoms with Gasteiger partial charge < -0.3 is 15.7 Å². The topological polar surface area (TPSA) is 65.6 Å². The molecule has 244 valence electrons. The number of hydrogen-bond acceptors (Lipinski definition) is 5. The predicted octanol–water partition coefficient (Wildman–Crippen LogP) is 7.75. The Labute approximate surface area is 276 Å². The number of para-hydroxylation sites is 1. The number of hydrogen-bond donors (Lipinski definition) is 2. The SMILES string of the molecule is NCCc1c2c(nc3c(O)cccc13)CCCCN1CC3C=C4CC/C=C\C/C=C\C/C=C\CCN5CC[C@@H]3[C@@](CC/C=C\2)(C5)[C@@H]41. The zero-order valence-electron chi connectivity index (χ0n) is 27.8. The van der Waals surface area contributed by atoms with Crippen molar-refractivity contribution in [1.29, 1.82) is 0 Å². The quantitative estimate of drug-likeness (QED) is 0.337. The molecular formula is C41H54N4O. The van der Waals surface area contributed by atoms with Crippen LogP contribution in [-0.4, -0.2) is 65.2 Å². The van der Waals surface area contributed by atoms with E-state index in [0.717, 1.165) is 80.4 Å². The van der Waals surface area contributed by atoms with Gasteiger partial charge in [0.05, 0.1) is 0 Å². The summed E-state index contributed by atoms with van der Waals surface area (Å²) in [6, 6.07) is 6.35. The van der Waals surface area contributed by atoms with Gasteiger partial charge in [-0.15, -0.1) is 0 Å². The van der Waals surface area contributed by atoms with Crippen LogP contribution in [0.15, 0.2) is 72.4 Å². The van der Waals surface area contributed by atoms with E-state index in [-0.39, 0.29) is 5.75 Å². The van der Waals surface area contributed by atoms with E-state index in [1.54, 1.807) is 11.6 Å². The Morgan fingerprint density at radius 3 is 2.63 bits per heavy atom. The molecule has 1 spiro atoms. The summed E-state index contributed by atoms with van der Waals surface area (Å²) < 4.78 is 0. The van der Waals surface area contributed by atoms with Crippen molar-refractivity contribution < 1.29 is 5.11 Å². The number of phenols is 1. The van der Waals surface area contributed by atoms with Gasteiger partial charge in [0.2, 0.25) is 0 Å². The summed E-state index contributed by atoms with van der Waals surface area (Å²) in [5.74, 6) is 1.72. The fraction of sp³-hybridized carbons (Fsp3) is 0.537. The van der Waals surface area contributed by atoms with Crippen LogP contribution < -0.4 is 5.73 Å². The van der Waals surface area contributed by atoms with Crippen LogP contribution in [0.25, 0.3) is 17.0 Å². The molecule has 3 unspecified atom stereocenters. The van der Waals surface area contributed by atoms with Crippen molar-refractivity contribution in [3.05, 3.63) is 89.2 Å². The van der Waals surface area contributed by atoms with Crippen molar-refractivity contribution in [2.45, 2.75) is 83.1 Å². The molecule has 5 nitrogen and oxygen atoms in total. The molecule has 8 rings (SSSR count). The Morgan fingerprint density at radius 1 is 0.913 bits per heavy atom. The monoisotopic (exact) mass is 618 g/mol. The number of aromatic nitrogens is 1. The van der Waals surface area contributed by atoms with Crippen molar-refractivity contribution in [2.24, 2.45) is 23.0 Å². The number of piperidine rings is 2. The van der Waals surface area contributed by atoms with Crippen LogP contribution in [0.5, 0.6) is 5.75 Å². The van der Waals surface area contributed by atoms with Crippen LogP contribution in [0.2, 0.25) is 0 Å². The molecule has 1 aromatic heterocycles. The minimum absolute atomic E-state index is 0.270. The van der Waals surface area contributed by atoms with Gasteiger partial charge in [0, 0.05) is 42.2 Å². The average molecular weight is 619 g/mol. The molecule has 6 bridgehead atoms. The summed E-state index contributed by atoms with van der Waals surface area (Å²) >= 11 is 0. The third kappa shape index (κ3) is 6.31. The molecule has 46 heavy (non-hydrogen) atoms. The fourth-order valence-electron chi connectivity index (χ4n) is 9.84. The molecule has 2 aromatic rings. The predicted molar refractivity (Wildman–Crippen MR) is 192 cm³/mol. The molecule has 2 saturated heterocycles. The number of nitrogens with zero attached hydrogens (tertiary/aromatic N) is 3. The van der Waals surface area contributed by atoms with E-state index < -0.39 is 0 Å². The van der Waals surface area contributed by atoms with Gasteiger partial charge in [-0.3, -0.25) is 4.90 Å². The highest BCUT2D eigenvalue weighted by Gasteiger charge is 2.58. The lowest BCUT2D eigenvalue weighted by Gasteiger charge is -2.64. The normalized spacial score (nSPS) is 34.6. The number of pyridine rings is 1. The van der Waals surface area contributed by atoms with E-state index >= 15 is 0 Å². The van der Waals surface area contributed by atoms with Crippen LogP contribution in [0.4, 0.5) is 0 Å². The minimum atomic E-state index is 0.270.